The number of aliphatic hydroxyl groups is 1. The highest BCUT2D eigenvalue weighted by atomic mass is 19.1. The molecule has 2 aromatic carbocycles. The minimum Gasteiger partial charge on any atom is -0.496 e. The molecule has 0 heterocycles. The monoisotopic (exact) mass is 330 g/mol. The summed E-state index contributed by atoms with van der Waals surface area (Å²) in [4.78, 5) is 0. The smallest absolute Gasteiger partial charge is 0.123 e. The van der Waals surface area contributed by atoms with Gasteiger partial charge in [-0.25, -0.2) is 4.39 Å². The summed E-state index contributed by atoms with van der Waals surface area (Å²) in [6.45, 7) is 5.88. The lowest BCUT2D eigenvalue weighted by Crippen LogP contribution is -2.34. The molecule has 0 aliphatic heterocycles. The summed E-state index contributed by atoms with van der Waals surface area (Å²) >= 11 is 0. The molecule has 0 saturated carbocycles. The Balaban J connectivity index is 2.13. The van der Waals surface area contributed by atoms with Gasteiger partial charge in [0.05, 0.1) is 12.7 Å². The van der Waals surface area contributed by atoms with Crippen molar-refractivity contribution in [1.82, 2.24) is 0 Å². The molecule has 0 radical (unpaired) electrons. The number of methoxy groups -OCH3 is 1. The van der Waals surface area contributed by atoms with Crippen LogP contribution in [0.4, 0.5) is 4.39 Å². The molecule has 0 aliphatic rings. The Kier molecular flexibility index (Phi) is 5.66. The second-order valence-electron chi connectivity index (χ2n) is 7.39. The molecule has 2 nitrogen and oxygen atoms in total. The van der Waals surface area contributed by atoms with Crippen LogP contribution in [0.3, 0.4) is 0 Å². The molecule has 0 saturated heterocycles. The van der Waals surface area contributed by atoms with Crippen LogP contribution in [-0.4, -0.2) is 17.8 Å². The number of benzene rings is 2. The fourth-order valence-corrected chi connectivity index (χ4v) is 3.40. The van der Waals surface area contributed by atoms with E-state index < -0.39 is 11.0 Å². The molecule has 1 unspecified atom stereocenters. The Hall–Kier alpha value is -1.87. The van der Waals surface area contributed by atoms with Gasteiger partial charge in [0, 0.05) is 5.56 Å². The van der Waals surface area contributed by atoms with Gasteiger partial charge in [0.25, 0.3) is 0 Å². The van der Waals surface area contributed by atoms with Crippen molar-refractivity contribution in [3.63, 3.8) is 0 Å². The molecule has 0 fully saturated rings. The van der Waals surface area contributed by atoms with E-state index >= 15 is 0 Å². The van der Waals surface area contributed by atoms with Gasteiger partial charge in [-0.2, -0.15) is 0 Å². The summed E-state index contributed by atoms with van der Waals surface area (Å²) in [5.74, 6) is 0.364. The molecule has 0 bridgehead atoms. The molecule has 2 aromatic rings. The molecule has 24 heavy (non-hydrogen) atoms. The van der Waals surface area contributed by atoms with Gasteiger partial charge in [-0.1, -0.05) is 44.2 Å². The van der Waals surface area contributed by atoms with Gasteiger partial charge in [-0.05, 0) is 55.4 Å². The molecular formula is C21H27FO2. The van der Waals surface area contributed by atoms with E-state index in [1.807, 2.05) is 39.0 Å². The lowest BCUT2D eigenvalue weighted by atomic mass is 9.74. The Morgan fingerprint density at radius 3 is 2.33 bits per heavy atom. The highest BCUT2D eigenvalue weighted by Gasteiger charge is 2.33. The molecular weight excluding hydrogens is 303 g/mol. The topological polar surface area (TPSA) is 29.5 Å². The first-order chi connectivity index (χ1) is 11.2. The molecule has 0 amide bonds. The van der Waals surface area contributed by atoms with Crippen molar-refractivity contribution in [3.05, 3.63) is 65.5 Å². The van der Waals surface area contributed by atoms with E-state index in [1.54, 1.807) is 13.2 Å². The molecule has 2 rings (SSSR count). The summed E-state index contributed by atoms with van der Waals surface area (Å²) in [7, 11) is 1.58. The van der Waals surface area contributed by atoms with Crippen LogP contribution in [-0.2, 0) is 11.8 Å². The van der Waals surface area contributed by atoms with Crippen molar-refractivity contribution in [3.8, 4) is 5.75 Å². The van der Waals surface area contributed by atoms with Gasteiger partial charge in [-0.15, -0.1) is 0 Å². The molecule has 0 aromatic heterocycles. The van der Waals surface area contributed by atoms with E-state index in [-0.39, 0.29) is 5.82 Å². The van der Waals surface area contributed by atoms with Gasteiger partial charge in [0.15, 0.2) is 0 Å². The van der Waals surface area contributed by atoms with Crippen molar-refractivity contribution in [2.45, 2.75) is 51.0 Å². The van der Waals surface area contributed by atoms with Gasteiger partial charge < -0.3 is 9.84 Å². The molecule has 1 N–H and O–H groups in total. The zero-order valence-electron chi connectivity index (χ0n) is 15.0. The molecule has 0 aliphatic carbocycles. The SMILES string of the molecule is COc1ccc(F)cc1C(C)(C)CC(C)(O)CCc1ccccc1. The van der Waals surface area contributed by atoms with Crippen LogP contribution in [0.15, 0.2) is 48.5 Å². The van der Waals surface area contributed by atoms with E-state index in [9.17, 15) is 9.50 Å². The van der Waals surface area contributed by atoms with Crippen molar-refractivity contribution in [1.29, 1.82) is 0 Å². The second kappa shape index (κ2) is 7.35. The summed E-state index contributed by atoms with van der Waals surface area (Å²) in [5, 5.41) is 10.9. The van der Waals surface area contributed by atoms with Crippen LogP contribution >= 0.6 is 0 Å². The van der Waals surface area contributed by atoms with Crippen LogP contribution in [0.1, 0.15) is 44.7 Å². The lowest BCUT2D eigenvalue weighted by molar-refractivity contribution is 0.0229. The Labute approximate surface area is 144 Å². The highest BCUT2D eigenvalue weighted by Crippen LogP contribution is 2.39. The maximum Gasteiger partial charge on any atom is 0.123 e. The minimum absolute atomic E-state index is 0.289. The maximum absolute atomic E-state index is 13.7. The first-order valence-electron chi connectivity index (χ1n) is 8.34. The summed E-state index contributed by atoms with van der Waals surface area (Å²) in [5.41, 5.74) is 0.730. The summed E-state index contributed by atoms with van der Waals surface area (Å²) < 4.78 is 19.1. The quantitative estimate of drug-likeness (QED) is 0.783. The average Bonchev–Trinajstić information content (AvgIpc) is 2.53. The fraction of sp³-hybridized carbons (Fsp3) is 0.429. The summed E-state index contributed by atoms with van der Waals surface area (Å²) in [6, 6.07) is 14.7. The third kappa shape index (κ3) is 4.81. The Morgan fingerprint density at radius 2 is 1.71 bits per heavy atom. The number of halogens is 1. The maximum atomic E-state index is 13.7. The number of rotatable bonds is 7. The predicted octanol–water partition coefficient (Wildman–Crippen LogP) is 4.89. The van der Waals surface area contributed by atoms with Crippen LogP contribution in [0.25, 0.3) is 0 Å². The van der Waals surface area contributed by atoms with Gasteiger partial charge in [0.1, 0.15) is 11.6 Å². The predicted molar refractivity (Wildman–Crippen MR) is 96.0 cm³/mol. The van der Waals surface area contributed by atoms with Crippen LogP contribution in [0, 0.1) is 5.82 Å². The van der Waals surface area contributed by atoms with E-state index in [1.165, 1.54) is 17.7 Å². The third-order valence-electron chi connectivity index (χ3n) is 4.51. The van der Waals surface area contributed by atoms with E-state index in [4.69, 9.17) is 4.74 Å². The van der Waals surface area contributed by atoms with Crippen molar-refractivity contribution < 1.29 is 14.2 Å². The zero-order chi connectivity index (χ0) is 17.8. The number of hydrogen-bond acceptors (Lipinski definition) is 2. The first kappa shape index (κ1) is 18.5. The van der Waals surface area contributed by atoms with Gasteiger partial charge in [0.2, 0.25) is 0 Å². The van der Waals surface area contributed by atoms with E-state index in [2.05, 4.69) is 12.1 Å². The second-order valence-corrected chi connectivity index (χ2v) is 7.39. The first-order valence-corrected chi connectivity index (χ1v) is 8.34. The van der Waals surface area contributed by atoms with Crippen LogP contribution in [0.5, 0.6) is 5.75 Å². The van der Waals surface area contributed by atoms with Crippen molar-refractivity contribution in [2.24, 2.45) is 0 Å². The number of hydrogen-bond donors (Lipinski definition) is 1. The molecule has 3 heteroatoms. The zero-order valence-corrected chi connectivity index (χ0v) is 15.0. The van der Waals surface area contributed by atoms with E-state index in [0.717, 1.165) is 12.0 Å². The lowest BCUT2D eigenvalue weighted by Gasteiger charge is -2.35. The number of aryl methyl sites for hydroxylation is 1. The normalized spacial score (nSPS) is 14.2. The van der Waals surface area contributed by atoms with Crippen molar-refractivity contribution in [2.75, 3.05) is 7.11 Å². The van der Waals surface area contributed by atoms with Gasteiger partial charge in [-0.3, -0.25) is 0 Å². The minimum atomic E-state index is -0.851. The number of ether oxygens (including phenoxy) is 1. The average molecular weight is 330 g/mol. The molecule has 1 atom stereocenters. The van der Waals surface area contributed by atoms with E-state index in [0.29, 0.717) is 18.6 Å². The van der Waals surface area contributed by atoms with Crippen molar-refractivity contribution >= 4 is 0 Å². The highest BCUT2D eigenvalue weighted by molar-refractivity contribution is 5.39. The van der Waals surface area contributed by atoms with Crippen LogP contribution < -0.4 is 4.74 Å². The Bertz CT molecular complexity index is 663. The fourth-order valence-electron chi connectivity index (χ4n) is 3.40. The largest absolute Gasteiger partial charge is 0.496 e. The van der Waals surface area contributed by atoms with Gasteiger partial charge >= 0.3 is 0 Å². The standard InChI is InChI=1S/C21H27FO2/c1-20(2,18-14-17(22)10-11-19(18)24-4)15-21(3,23)13-12-16-8-6-5-7-9-16/h5-11,14,23H,12-13,15H2,1-4H3. The van der Waals surface area contributed by atoms with Crippen LogP contribution in [0.2, 0.25) is 0 Å². The summed E-state index contributed by atoms with van der Waals surface area (Å²) in [6.07, 6.45) is 1.98. The third-order valence-corrected chi connectivity index (χ3v) is 4.51. The Morgan fingerprint density at radius 1 is 1.04 bits per heavy atom. The molecule has 0 spiro atoms. The molecule has 130 valence electrons.